The van der Waals surface area contributed by atoms with Gasteiger partial charge in [-0.1, -0.05) is 6.92 Å². The first-order chi connectivity index (χ1) is 6.95. The number of halogens is 3. The van der Waals surface area contributed by atoms with Crippen LogP contribution >= 0.6 is 0 Å². The Bertz CT molecular complexity index is 230. The molecule has 88 valence electrons. The molecule has 0 spiro atoms. The summed E-state index contributed by atoms with van der Waals surface area (Å²) >= 11 is 0. The minimum absolute atomic E-state index is 0.482. The van der Waals surface area contributed by atoms with E-state index in [2.05, 4.69) is 4.74 Å². The van der Waals surface area contributed by atoms with Crippen LogP contribution in [0.2, 0.25) is 0 Å². The van der Waals surface area contributed by atoms with Gasteiger partial charge in [-0.15, -0.1) is 0 Å². The van der Waals surface area contributed by atoms with Crippen molar-refractivity contribution in [2.45, 2.75) is 38.6 Å². The summed E-state index contributed by atoms with van der Waals surface area (Å²) in [6.07, 6.45) is -3.38. The lowest BCUT2D eigenvalue weighted by Crippen LogP contribution is -2.44. The number of piperidine rings is 1. The molecule has 1 saturated heterocycles. The second-order valence-electron chi connectivity index (χ2n) is 3.48. The van der Waals surface area contributed by atoms with Crippen LogP contribution in [0.3, 0.4) is 0 Å². The number of esters is 1. The van der Waals surface area contributed by atoms with Crippen LogP contribution in [-0.2, 0) is 9.53 Å². The van der Waals surface area contributed by atoms with Gasteiger partial charge in [0.1, 0.15) is 0 Å². The van der Waals surface area contributed by atoms with Crippen LogP contribution in [0.5, 0.6) is 0 Å². The van der Waals surface area contributed by atoms with Gasteiger partial charge >= 0.3 is 12.1 Å². The lowest BCUT2D eigenvalue weighted by atomic mass is 10.1. The Balaban J connectivity index is 2.52. The van der Waals surface area contributed by atoms with Crippen molar-refractivity contribution in [3.05, 3.63) is 0 Å². The minimum atomic E-state index is -4.89. The fourth-order valence-electron chi connectivity index (χ4n) is 1.65. The largest absolute Gasteiger partial charge is 0.490 e. The van der Waals surface area contributed by atoms with Crippen molar-refractivity contribution >= 4 is 5.97 Å². The lowest BCUT2D eigenvalue weighted by molar-refractivity contribution is -0.214. The third-order valence-electron chi connectivity index (χ3n) is 2.43. The molecule has 3 nitrogen and oxygen atoms in total. The zero-order valence-electron chi connectivity index (χ0n) is 8.51. The summed E-state index contributed by atoms with van der Waals surface area (Å²) in [5.41, 5.74) is 0. The first kappa shape index (κ1) is 12.3. The summed E-state index contributed by atoms with van der Waals surface area (Å²) in [6, 6.07) is 0. The summed E-state index contributed by atoms with van der Waals surface area (Å²) in [4.78, 5) is 12.4. The number of carbonyl (C=O) groups is 1. The molecule has 1 fully saturated rings. The summed E-state index contributed by atoms with van der Waals surface area (Å²) in [6.45, 7) is 3.11. The molecule has 1 rings (SSSR count). The number of rotatable bonds is 2. The number of nitrogens with zero attached hydrogens (tertiary/aromatic N) is 1. The van der Waals surface area contributed by atoms with Gasteiger partial charge in [-0.25, -0.2) is 4.79 Å². The minimum Gasteiger partial charge on any atom is -0.440 e. The number of alkyl halides is 3. The van der Waals surface area contributed by atoms with Gasteiger partial charge in [0.25, 0.3) is 0 Å². The topological polar surface area (TPSA) is 29.5 Å². The summed E-state index contributed by atoms with van der Waals surface area (Å²) in [5.74, 6) is -2.09. The number of likely N-dealkylation sites (tertiary alicyclic amines) is 1. The first-order valence-electron chi connectivity index (χ1n) is 4.97. The van der Waals surface area contributed by atoms with E-state index in [9.17, 15) is 18.0 Å². The van der Waals surface area contributed by atoms with Gasteiger partial charge in [0, 0.05) is 6.54 Å². The number of hydrogen-bond acceptors (Lipinski definition) is 3. The van der Waals surface area contributed by atoms with Crippen molar-refractivity contribution in [2.75, 3.05) is 13.1 Å². The van der Waals surface area contributed by atoms with Gasteiger partial charge in [0.2, 0.25) is 0 Å². The summed E-state index contributed by atoms with van der Waals surface area (Å²) in [7, 11) is 0. The van der Waals surface area contributed by atoms with Gasteiger partial charge in [-0.3, -0.25) is 4.90 Å². The maximum Gasteiger partial charge on any atom is 0.490 e. The van der Waals surface area contributed by atoms with Crippen molar-refractivity contribution < 1.29 is 22.7 Å². The monoisotopic (exact) mass is 225 g/mol. The molecular formula is C9H14F3NO2. The number of carbonyl (C=O) groups excluding carboxylic acids is 1. The van der Waals surface area contributed by atoms with Crippen LogP contribution in [0.4, 0.5) is 13.2 Å². The molecule has 1 heterocycles. The predicted octanol–water partition coefficient (Wildman–Crippen LogP) is 1.92. The summed E-state index contributed by atoms with van der Waals surface area (Å²) < 4.78 is 40.2. The van der Waals surface area contributed by atoms with Crippen molar-refractivity contribution in [3.8, 4) is 0 Å². The van der Waals surface area contributed by atoms with Gasteiger partial charge in [0.05, 0.1) is 0 Å². The average Bonchev–Trinajstić information content (AvgIpc) is 2.17. The molecule has 0 bridgehead atoms. The molecule has 0 aromatic rings. The maximum atomic E-state index is 11.9. The van der Waals surface area contributed by atoms with Crippen molar-refractivity contribution in [2.24, 2.45) is 0 Å². The van der Waals surface area contributed by atoms with E-state index in [0.29, 0.717) is 19.5 Å². The first-order valence-corrected chi connectivity index (χ1v) is 4.97. The molecule has 0 saturated carbocycles. The molecule has 6 heteroatoms. The molecule has 0 amide bonds. The van der Waals surface area contributed by atoms with Crippen molar-refractivity contribution in [1.29, 1.82) is 0 Å². The highest BCUT2D eigenvalue weighted by Gasteiger charge is 2.43. The SMILES string of the molecule is CCN1CCCCC1OC(=O)C(F)(F)F. The second-order valence-corrected chi connectivity index (χ2v) is 3.48. The van der Waals surface area contributed by atoms with Gasteiger partial charge < -0.3 is 4.74 Å². The molecule has 0 aliphatic carbocycles. The van der Waals surface area contributed by atoms with Crippen LogP contribution < -0.4 is 0 Å². The van der Waals surface area contributed by atoms with Gasteiger partial charge in [0.15, 0.2) is 6.23 Å². The predicted molar refractivity (Wildman–Crippen MR) is 47.0 cm³/mol. The Hall–Kier alpha value is -0.780. The van der Waals surface area contributed by atoms with E-state index in [4.69, 9.17) is 0 Å². The Morgan fingerprint density at radius 3 is 2.67 bits per heavy atom. The zero-order chi connectivity index (χ0) is 11.5. The van der Waals surface area contributed by atoms with Crippen molar-refractivity contribution in [1.82, 2.24) is 4.90 Å². The smallest absolute Gasteiger partial charge is 0.440 e. The lowest BCUT2D eigenvalue weighted by Gasteiger charge is -2.33. The molecule has 0 N–H and O–H groups in total. The fraction of sp³-hybridized carbons (Fsp3) is 0.889. The van der Waals surface area contributed by atoms with E-state index in [-0.39, 0.29) is 0 Å². The highest BCUT2D eigenvalue weighted by Crippen LogP contribution is 2.22. The van der Waals surface area contributed by atoms with Crippen LogP contribution in [0.15, 0.2) is 0 Å². The number of ether oxygens (including phenoxy) is 1. The van der Waals surface area contributed by atoms with Crippen molar-refractivity contribution in [3.63, 3.8) is 0 Å². The summed E-state index contributed by atoms with van der Waals surface area (Å²) in [5, 5.41) is 0. The normalized spacial score (nSPS) is 23.9. The van der Waals surface area contributed by atoms with Gasteiger partial charge in [-0.2, -0.15) is 13.2 Å². The Morgan fingerprint density at radius 1 is 1.47 bits per heavy atom. The standard InChI is InChI=1S/C9H14F3NO2/c1-2-13-6-4-3-5-7(13)15-8(14)9(10,11)12/h7H,2-6H2,1H3. The molecule has 0 radical (unpaired) electrons. The van der Waals surface area contributed by atoms with Crippen LogP contribution in [0, 0.1) is 0 Å². The van der Waals surface area contributed by atoms with Crippen LogP contribution in [0.25, 0.3) is 0 Å². The van der Waals surface area contributed by atoms with E-state index in [1.165, 1.54) is 0 Å². The molecule has 1 unspecified atom stereocenters. The van der Waals surface area contributed by atoms with E-state index in [1.807, 2.05) is 6.92 Å². The molecule has 0 aromatic carbocycles. The average molecular weight is 225 g/mol. The molecule has 0 aromatic heterocycles. The van der Waals surface area contributed by atoms with E-state index < -0.39 is 18.4 Å². The Morgan fingerprint density at radius 2 is 2.13 bits per heavy atom. The fourth-order valence-corrected chi connectivity index (χ4v) is 1.65. The maximum absolute atomic E-state index is 11.9. The molecule has 1 aliphatic rings. The van der Waals surface area contributed by atoms with Gasteiger partial charge in [-0.05, 0) is 25.8 Å². The van der Waals surface area contributed by atoms with E-state index in [0.717, 1.165) is 12.8 Å². The molecular weight excluding hydrogens is 211 g/mol. The van der Waals surface area contributed by atoms with Crippen LogP contribution in [0.1, 0.15) is 26.2 Å². The Labute approximate surface area is 86.2 Å². The molecule has 15 heavy (non-hydrogen) atoms. The zero-order valence-corrected chi connectivity index (χ0v) is 8.51. The highest BCUT2D eigenvalue weighted by atomic mass is 19.4. The third kappa shape index (κ3) is 3.37. The number of hydrogen-bond donors (Lipinski definition) is 0. The molecule has 1 atom stereocenters. The quantitative estimate of drug-likeness (QED) is 0.672. The van der Waals surface area contributed by atoms with Crippen LogP contribution in [-0.4, -0.2) is 36.4 Å². The van der Waals surface area contributed by atoms with E-state index in [1.54, 1.807) is 4.90 Å². The second kappa shape index (κ2) is 4.83. The Kier molecular flexibility index (Phi) is 3.96. The highest BCUT2D eigenvalue weighted by molar-refractivity contribution is 5.75. The third-order valence-corrected chi connectivity index (χ3v) is 2.43. The molecule has 1 aliphatic heterocycles. The van der Waals surface area contributed by atoms with E-state index >= 15 is 0 Å².